The average Bonchev–Trinajstić information content (AvgIpc) is 2.78. The third kappa shape index (κ3) is 1.82. The van der Waals surface area contributed by atoms with Crippen LogP contribution in [-0.2, 0) is 0 Å². The van der Waals surface area contributed by atoms with Crippen molar-refractivity contribution in [3.05, 3.63) is 58.4 Å². The maximum absolute atomic E-state index is 14.1. The molecule has 0 unspecified atom stereocenters. The van der Waals surface area contributed by atoms with E-state index < -0.39 is 5.82 Å². The molecule has 0 atom stereocenters. The van der Waals surface area contributed by atoms with E-state index in [2.05, 4.69) is 4.98 Å². The molecule has 3 rings (SSSR count). The number of H-pyrrole nitrogens is 1. The highest BCUT2D eigenvalue weighted by molar-refractivity contribution is 6.33. The van der Waals surface area contributed by atoms with Gasteiger partial charge in [0.1, 0.15) is 5.82 Å². The van der Waals surface area contributed by atoms with Gasteiger partial charge >= 0.3 is 0 Å². The third-order valence-electron chi connectivity index (χ3n) is 3.41. The Hall–Kier alpha value is -2.13. The minimum absolute atomic E-state index is 0.229. The van der Waals surface area contributed by atoms with Gasteiger partial charge in [0, 0.05) is 16.5 Å². The van der Waals surface area contributed by atoms with Crippen molar-refractivity contribution in [2.75, 3.05) is 0 Å². The van der Waals surface area contributed by atoms with Crippen LogP contribution >= 0.6 is 11.6 Å². The normalized spacial score (nSPS) is 10.9. The summed E-state index contributed by atoms with van der Waals surface area (Å²) in [5.74, 6) is -0.454. The quantitative estimate of drug-likeness (QED) is 0.678. The van der Waals surface area contributed by atoms with Gasteiger partial charge in [0.2, 0.25) is 0 Å². The second kappa shape index (κ2) is 4.76. The lowest BCUT2D eigenvalue weighted by molar-refractivity contribution is 0.112. The van der Waals surface area contributed by atoms with E-state index in [1.54, 1.807) is 6.07 Å². The highest BCUT2D eigenvalue weighted by Crippen LogP contribution is 2.35. The summed E-state index contributed by atoms with van der Waals surface area (Å²) in [5, 5.41) is 1.05. The van der Waals surface area contributed by atoms with Crippen LogP contribution in [0.3, 0.4) is 0 Å². The Labute approximate surface area is 120 Å². The van der Waals surface area contributed by atoms with E-state index in [4.69, 9.17) is 11.6 Å². The lowest BCUT2D eigenvalue weighted by Crippen LogP contribution is -1.90. The number of hydrogen-bond acceptors (Lipinski definition) is 1. The molecule has 0 aliphatic heterocycles. The fourth-order valence-corrected chi connectivity index (χ4v) is 2.70. The van der Waals surface area contributed by atoms with Gasteiger partial charge in [-0.1, -0.05) is 35.9 Å². The molecule has 0 spiro atoms. The first-order valence-electron chi connectivity index (χ1n) is 6.14. The van der Waals surface area contributed by atoms with Crippen LogP contribution in [0.5, 0.6) is 0 Å². The Morgan fingerprint density at radius 3 is 2.65 bits per heavy atom. The van der Waals surface area contributed by atoms with Gasteiger partial charge in [-0.15, -0.1) is 0 Å². The van der Waals surface area contributed by atoms with Crippen LogP contribution in [0, 0.1) is 12.7 Å². The number of nitrogens with one attached hydrogen (secondary N) is 1. The molecular weight excluding hydrogens is 277 g/mol. The van der Waals surface area contributed by atoms with Crippen LogP contribution in [0.2, 0.25) is 5.02 Å². The Morgan fingerprint density at radius 1 is 1.20 bits per heavy atom. The zero-order chi connectivity index (χ0) is 14.3. The molecule has 1 heterocycles. The summed E-state index contributed by atoms with van der Waals surface area (Å²) < 4.78 is 14.1. The van der Waals surface area contributed by atoms with Crippen molar-refractivity contribution in [1.82, 2.24) is 4.98 Å². The summed E-state index contributed by atoms with van der Waals surface area (Å²) in [7, 11) is 0. The molecule has 0 saturated heterocycles. The van der Waals surface area contributed by atoms with E-state index in [0.717, 1.165) is 22.8 Å². The van der Waals surface area contributed by atoms with E-state index in [1.807, 2.05) is 25.1 Å². The zero-order valence-corrected chi connectivity index (χ0v) is 11.5. The minimum atomic E-state index is -0.454. The van der Waals surface area contributed by atoms with Crippen LogP contribution in [-0.4, -0.2) is 11.3 Å². The van der Waals surface area contributed by atoms with E-state index in [1.165, 1.54) is 12.1 Å². The standard InChI is InChI=1S/C16H11ClFNO/c1-9-4-2-5-10-11(8-20)16(19-15(9)10)14-12(17)6-3-7-13(14)18/h2-8,19H,1H3. The second-order valence-electron chi connectivity index (χ2n) is 4.63. The Morgan fingerprint density at radius 2 is 1.95 bits per heavy atom. The van der Waals surface area contributed by atoms with Crippen molar-refractivity contribution in [1.29, 1.82) is 0 Å². The van der Waals surface area contributed by atoms with Gasteiger partial charge in [-0.25, -0.2) is 4.39 Å². The van der Waals surface area contributed by atoms with E-state index in [0.29, 0.717) is 11.3 Å². The van der Waals surface area contributed by atoms with E-state index in [-0.39, 0.29) is 10.6 Å². The summed E-state index contributed by atoms with van der Waals surface area (Å²) in [6.45, 7) is 1.93. The lowest BCUT2D eigenvalue weighted by Gasteiger charge is -2.04. The molecule has 4 heteroatoms. The first-order chi connectivity index (χ1) is 9.63. The summed E-state index contributed by atoms with van der Waals surface area (Å²) >= 11 is 6.08. The third-order valence-corrected chi connectivity index (χ3v) is 3.73. The fraction of sp³-hybridized carbons (Fsp3) is 0.0625. The van der Waals surface area contributed by atoms with Crippen molar-refractivity contribution in [3.63, 3.8) is 0 Å². The van der Waals surface area contributed by atoms with Crippen LogP contribution in [0.1, 0.15) is 15.9 Å². The van der Waals surface area contributed by atoms with Gasteiger partial charge in [0.15, 0.2) is 6.29 Å². The largest absolute Gasteiger partial charge is 0.354 e. The van der Waals surface area contributed by atoms with Crippen LogP contribution in [0.25, 0.3) is 22.2 Å². The van der Waals surface area contributed by atoms with Crippen molar-refractivity contribution in [3.8, 4) is 11.3 Å². The topological polar surface area (TPSA) is 32.9 Å². The second-order valence-corrected chi connectivity index (χ2v) is 5.03. The SMILES string of the molecule is Cc1cccc2c(C=O)c(-c3c(F)cccc3Cl)[nH]c12. The molecule has 1 N–H and O–H groups in total. The number of carbonyl (C=O) groups is 1. The number of fused-ring (bicyclic) bond motifs is 1. The smallest absolute Gasteiger partial charge is 0.152 e. The molecule has 0 bridgehead atoms. The molecular formula is C16H11ClFNO. The van der Waals surface area contributed by atoms with Crippen LogP contribution < -0.4 is 0 Å². The maximum Gasteiger partial charge on any atom is 0.152 e. The molecule has 100 valence electrons. The molecule has 0 amide bonds. The Balaban J connectivity index is 2.43. The Kier molecular flexibility index (Phi) is 3.07. The van der Waals surface area contributed by atoms with Crippen molar-refractivity contribution in [2.45, 2.75) is 6.92 Å². The number of aldehydes is 1. The van der Waals surface area contributed by atoms with Gasteiger partial charge in [-0.3, -0.25) is 4.79 Å². The number of aryl methyl sites for hydroxylation is 1. The molecule has 2 aromatic carbocycles. The number of hydrogen-bond donors (Lipinski definition) is 1. The highest BCUT2D eigenvalue weighted by Gasteiger charge is 2.18. The molecule has 0 fully saturated rings. The number of carbonyl (C=O) groups excluding carboxylic acids is 1. The highest BCUT2D eigenvalue weighted by atomic mass is 35.5. The molecule has 2 nitrogen and oxygen atoms in total. The molecule has 0 aliphatic rings. The van der Waals surface area contributed by atoms with Crippen molar-refractivity contribution >= 4 is 28.8 Å². The van der Waals surface area contributed by atoms with Gasteiger partial charge < -0.3 is 4.98 Å². The summed E-state index contributed by atoms with van der Waals surface area (Å²) in [5.41, 5.74) is 2.89. The molecule has 0 radical (unpaired) electrons. The number of aromatic nitrogens is 1. The van der Waals surface area contributed by atoms with Gasteiger partial charge in [-0.05, 0) is 24.6 Å². The maximum atomic E-state index is 14.1. The zero-order valence-electron chi connectivity index (χ0n) is 10.7. The summed E-state index contributed by atoms with van der Waals surface area (Å²) in [6.07, 6.45) is 0.733. The fourth-order valence-electron chi connectivity index (χ4n) is 2.44. The van der Waals surface area contributed by atoms with Gasteiger partial charge in [0.05, 0.1) is 16.3 Å². The predicted molar refractivity (Wildman–Crippen MR) is 78.8 cm³/mol. The number of rotatable bonds is 2. The van der Waals surface area contributed by atoms with Gasteiger partial charge in [0.25, 0.3) is 0 Å². The van der Waals surface area contributed by atoms with Crippen LogP contribution in [0.15, 0.2) is 36.4 Å². The Bertz CT molecular complexity index is 802. The van der Waals surface area contributed by atoms with Crippen LogP contribution in [0.4, 0.5) is 4.39 Å². The minimum Gasteiger partial charge on any atom is -0.354 e. The monoisotopic (exact) mass is 287 g/mol. The van der Waals surface area contributed by atoms with Crippen molar-refractivity contribution < 1.29 is 9.18 Å². The first-order valence-corrected chi connectivity index (χ1v) is 6.52. The number of benzene rings is 2. The lowest BCUT2D eigenvalue weighted by atomic mass is 10.0. The molecule has 3 aromatic rings. The number of para-hydroxylation sites is 1. The number of aromatic amines is 1. The van der Waals surface area contributed by atoms with E-state index in [9.17, 15) is 9.18 Å². The number of halogens is 2. The molecule has 0 saturated carbocycles. The molecule has 1 aromatic heterocycles. The molecule has 0 aliphatic carbocycles. The van der Waals surface area contributed by atoms with E-state index >= 15 is 0 Å². The molecule has 20 heavy (non-hydrogen) atoms. The van der Waals surface area contributed by atoms with Crippen molar-refractivity contribution in [2.24, 2.45) is 0 Å². The summed E-state index contributed by atoms with van der Waals surface area (Å²) in [4.78, 5) is 14.5. The summed E-state index contributed by atoms with van der Waals surface area (Å²) in [6, 6.07) is 10.1. The average molecular weight is 288 g/mol. The predicted octanol–water partition coefficient (Wildman–Crippen LogP) is 4.75. The van der Waals surface area contributed by atoms with Gasteiger partial charge in [-0.2, -0.15) is 0 Å². The first kappa shape index (κ1) is 12.9.